The fourth-order valence-corrected chi connectivity index (χ4v) is 2.71. The van der Waals surface area contributed by atoms with Gasteiger partial charge in [-0.25, -0.2) is 13.1 Å². The predicted octanol–water partition coefficient (Wildman–Crippen LogP) is 0.981. The number of benzene rings is 1. The van der Waals surface area contributed by atoms with E-state index >= 15 is 0 Å². The Bertz CT molecular complexity index is 652. The maximum atomic E-state index is 11.5. The second-order valence-corrected chi connectivity index (χ2v) is 5.95. The van der Waals surface area contributed by atoms with Gasteiger partial charge in [-0.05, 0) is 0 Å². The van der Waals surface area contributed by atoms with Crippen molar-refractivity contribution in [2.24, 2.45) is 0 Å². The number of aromatic nitrogens is 2. The van der Waals surface area contributed by atoms with Crippen molar-refractivity contribution >= 4 is 26.6 Å². The smallest absolute Gasteiger partial charge is 0.213 e. The third-order valence-electron chi connectivity index (χ3n) is 2.60. The van der Waals surface area contributed by atoms with Crippen LogP contribution in [0.3, 0.4) is 0 Å². The first kappa shape index (κ1) is 13.7. The molecule has 0 atom stereocenters. The van der Waals surface area contributed by atoms with Crippen molar-refractivity contribution in [3.05, 3.63) is 30.5 Å². The molecule has 0 aliphatic heterocycles. The lowest BCUT2D eigenvalue weighted by atomic mass is 10.2. The van der Waals surface area contributed by atoms with Gasteiger partial charge in [0, 0.05) is 23.9 Å². The van der Waals surface area contributed by atoms with Gasteiger partial charge in [-0.2, -0.15) is 5.10 Å². The Labute approximate surface area is 112 Å². The van der Waals surface area contributed by atoms with Crippen molar-refractivity contribution in [3.8, 4) is 0 Å². The van der Waals surface area contributed by atoms with E-state index in [0.29, 0.717) is 12.4 Å². The highest BCUT2D eigenvalue weighted by molar-refractivity contribution is 7.89. The molecule has 7 heteroatoms. The van der Waals surface area contributed by atoms with E-state index in [9.17, 15) is 8.42 Å². The van der Waals surface area contributed by atoms with Gasteiger partial charge in [0.05, 0.1) is 11.9 Å². The van der Waals surface area contributed by atoms with Gasteiger partial charge in [0.25, 0.3) is 0 Å². The molecule has 0 bridgehead atoms. The Kier molecular flexibility index (Phi) is 4.28. The van der Waals surface area contributed by atoms with Gasteiger partial charge in [0.2, 0.25) is 10.0 Å². The molecule has 19 heavy (non-hydrogen) atoms. The van der Waals surface area contributed by atoms with Gasteiger partial charge in [-0.1, -0.05) is 31.2 Å². The lowest BCUT2D eigenvalue weighted by Crippen LogP contribution is -2.29. The summed E-state index contributed by atoms with van der Waals surface area (Å²) >= 11 is 0. The van der Waals surface area contributed by atoms with E-state index in [0.717, 1.165) is 10.8 Å². The summed E-state index contributed by atoms with van der Waals surface area (Å²) in [6, 6.07) is 7.68. The summed E-state index contributed by atoms with van der Waals surface area (Å²) in [6.07, 6.45) is 1.68. The van der Waals surface area contributed by atoms with Gasteiger partial charge < -0.3 is 5.32 Å². The Morgan fingerprint density at radius 3 is 2.84 bits per heavy atom. The molecule has 0 amide bonds. The number of hydrogen-bond donors (Lipinski definition) is 2. The minimum absolute atomic E-state index is 0.00570. The molecule has 0 spiro atoms. The topological polar surface area (TPSA) is 84.0 Å². The van der Waals surface area contributed by atoms with Crippen LogP contribution in [0.1, 0.15) is 6.92 Å². The molecule has 0 unspecified atom stereocenters. The average molecular weight is 280 g/mol. The fraction of sp³-hybridized carbons (Fsp3) is 0.333. The minimum Gasteiger partial charge on any atom is -0.367 e. The molecule has 102 valence electrons. The van der Waals surface area contributed by atoms with Crippen LogP contribution in [0.25, 0.3) is 10.8 Å². The molecular weight excluding hydrogens is 264 g/mol. The van der Waals surface area contributed by atoms with Crippen LogP contribution < -0.4 is 10.0 Å². The molecule has 0 fully saturated rings. The van der Waals surface area contributed by atoms with Crippen LogP contribution in [0.2, 0.25) is 0 Å². The van der Waals surface area contributed by atoms with Crippen LogP contribution in [0.4, 0.5) is 5.82 Å². The van der Waals surface area contributed by atoms with Crippen LogP contribution in [0.5, 0.6) is 0 Å². The molecule has 2 aromatic rings. The highest BCUT2D eigenvalue weighted by Gasteiger charge is 2.08. The third-order valence-corrected chi connectivity index (χ3v) is 4.07. The van der Waals surface area contributed by atoms with E-state index in [-0.39, 0.29) is 12.3 Å². The zero-order valence-corrected chi connectivity index (χ0v) is 11.4. The normalized spacial score (nSPS) is 11.6. The number of sulfonamides is 1. The molecule has 2 rings (SSSR count). The molecule has 0 saturated carbocycles. The van der Waals surface area contributed by atoms with Crippen molar-refractivity contribution < 1.29 is 8.42 Å². The first-order valence-electron chi connectivity index (χ1n) is 6.04. The molecule has 1 aromatic heterocycles. The summed E-state index contributed by atoms with van der Waals surface area (Å²) < 4.78 is 25.4. The molecule has 1 aromatic carbocycles. The third kappa shape index (κ3) is 3.62. The Morgan fingerprint density at radius 2 is 2.05 bits per heavy atom. The summed E-state index contributed by atoms with van der Waals surface area (Å²) in [5.74, 6) is 0.607. The molecule has 0 aliphatic carbocycles. The fourth-order valence-electron chi connectivity index (χ4n) is 1.75. The molecule has 2 N–H and O–H groups in total. The van der Waals surface area contributed by atoms with Crippen molar-refractivity contribution in [1.29, 1.82) is 0 Å². The van der Waals surface area contributed by atoms with Gasteiger partial charge in [0.15, 0.2) is 5.82 Å². The van der Waals surface area contributed by atoms with Crippen LogP contribution in [0, 0.1) is 0 Å². The highest BCUT2D eigenvalue weighted by Crippen LogP contribution is 2.18. The van der Waals surface area contributed by atoms with Crippen LogP contribution in [-0.4, -0.2) is 37.5 Å². The van der Waals surface area contributed by atoms with E-state index in [2.05, 4.69) is 20.2 Å². The first-order valence-corrected chi connectivity index (χ1v) is 7.69. The molecular formula is C12H16N4O2S. The molecule has 0 saturated heterocycles. The molecule has 6 nitrogen and oxygen atoms in total. The zero-order valence-electron chi connectivity index (χ0n) is 10.6. The number of hydrogen-bond acceptors (Lipinski definition) is 5. The monoisotopic (exact) mass is 280 g/mol. The van der Waals surface area contributed by atoms with Crippen LogP contribution >= 0.6 is 0 Å². The van der Waals surface area contributed by atoms with Crippen molar-refractivity contribution in [2.75, 3.05) is 24.2 Å². The van der Waals surface area contributed by atoms with E-state index < -0.39 is 10.0 Å². The number of fused-ring (bicyclic) bond motifs is 1. The van der Waals surface area contributed by atoms with Gasteiger partial charge in [-0.3, -0.25) is 0 Å². The summed E-state index contributed by atoms with van der Waals surface area (Å²) in [6.45, 7) is 2.44. The summed E-state index contributed by atoms with van der Waals surface area (Å²) in [5.41, 5.74) is 0. The Morgan fingerprint density at radius 1 is 1.26 bits per heavy atom. The van der Waals surface area contributed by atoms with E-state index in [4.69, 9.17) is 0 Å². The van der Waals surface area contributed by atoms with Crippen molar-refractivity contribution in [2.45, 2.75) is 6.92 Å². The van der Waals surface area contributed by atoms with E-state index in [1.165, 1.54) is 0 Å². The maximum Gasteiger partial charge on any atom is 0.213 e. The number of nitrogens with zero attached hydrogens (tertiary/aromatic N) is 2. The highest BCUT2D eigenvalue weighted by atomic mass is 32.2. The SMILES string of the molecule is CCNS(=O)(=O)CCNc1nncc2ccccc12. The van der Waals surface area contributed by atoms with Crippen molar-refractivity contribution in [3.63, 3.8) is 0 Å². The number of rotatable bonds is 6. The van der Waals surface area contributed by atoms with Crippen LogP contribution in [0.15, 0.2) is 30.5 Å². The molecule has 0 radical (unpaired) electrons. The minimum atomic E-state index is -3.22. The van der Waals surface area contributed by atoms with E-state index in [1.54, 1.807) is 13.1 Å². The standard InChI is InChI=1S/C12H16N4O2S/c1-2-15-19(17,18)8-7-13-12-11-6-4-3-5-10(11)9-14-16-12/h3-6,9,15H,2,7-8H2,1H3,(H,13,16). The van der Waals surface area contributed by atoms with E-state index in [1.807, 2.05) is 24.3 Å². The van der Waals surface area contributed by atoms with Gasteiger partial charge in [0.1, 0.15) is 0 Å². The average Bonchev–Trinajstić information content (AvgIpc) is 2.39. The van der Waals surface area contributed by atoms with Gasteiger partial charge in [-0.15, -0.1) is 5.10 Å². The largest absolute Gasteiger partial charge is 0.367 e. The van der Waals surface area contributed by atoms with Crippen LogP contribution in [-0.2, 0) is 10.0 Å². The zero-order chi connectivity index (χ0) is 13.7. The lowest BCUT2D eigenvalue weighted by molar-refractivity contribution is 0.584. The Hall–Kier alpha value is -1.73. The lowest BCUT2D eigenvalue weighted by Gasteiger charge is -2.08. The molecule has 1 heterocycles. The molecule has 0 aliphatic rings. The summed E-state index contributed by atoms with van der Waals surface area (Å²) in [4.78, 5) is 0. The van der Waals surface area contributed by atoms with Crippen molar-refractivity contribution in [1.82, 2.24) is 14.9 Å². The summed E-state index contributed by atoms with van der Waals surface area (Å²) in [7, 11) is -3.22. The quantitative estimate of drug-likeness (QED) is 0.824. The van der Waals surface area contributed by atoms with Gasteiger partial charge >= 0.3 is 0 Å². The maximum absolute atomic E-state index is 11.5. The second-order valence-electron chi connectivity index (χ2n) is 4.02. The second kappa shape index (κ2) is 5.94. The number of nitrogens with one attached hydrogen (secondary N) is 2. The number of anilines is 1. The Balaban J connectivity index is 2.06. The predicted molar refractivity (Wildman–Crippen MR) is 75.5 cm³/mol. The first-order chi connectivity index (χ1) is 9.12. The summed E-state index contributed by atoms with van der Waals surface area (Å²) in [5, 5.41) is 12.8.